The van der Waals surface area contributed by atoms with E-state index in [9.17, 15) is 9.59 Å². The third-order valence-electron chi connectivity index (χ3n) is 8.67. The number of fused-ring (bicyclic) bond motifs is 8. The van der Waals surface area contributed by atoms with Crippen molar-refractivity contribution in [2.45, 2.75) is 25.7 Å². The number of ether oxygens (including phenoxy) is 2. The van der Waals surface area contributed by atoms with Gasteiger partial charge in [0.15, 0.2) is 0 Å². The summed E-state index contributed by atoms with van der Waals surface area (Å²) < 4.78 is 13.9. The Bertz CT molecular complexity index is 2140. The van der Waals surface area contributed by atoms with Gasteiger partial charge in [0.1, 0.15) is 11.6 Å². The van der Waals surface area contributed by atoms with Crippen LogP contribution in [-0.4, -0.2) is 65.2 Å². The molecule has 12 nitrogen and oxygen atoms in total. The van der Waals surface area contributed by atoms with E-state index in [-0.39, 0.29) is 24.8 Å². The number of methoxy groups -OCH3 is 2. The predicted octanol–water partition coefficient (Wildman–Crippen LogP) is 5.67. The van der Waals surface area contributed by atoms with Crippen LogP contribution in [0.25, 0.3) is 69.1 Å². The van der Waals surface area contributed by atoms with Crippen molar-refractivity contribution in [2.24, 2.45) is 14.1 Å². The molecule has 7 heterocycles. The molecule has 0 aromatic carbocycles. The van der Waals surface area contributed by atoms with Crippen LogP contribution in [0.4, 0.5) is 0 Å². The molecule has 0 radical (unpaired) electrons. The van der Waals surface area contributed by atoms with Gasteiger partial charge in [-0.05, 0) is 61.4 Å². The Labute approximate surface area is 275 Å². The summed E-state index contributed by atoms with van der Waals surface area (Å²) in [6, 6.07) is 7.99. The lowest BCUT2D eigenvalue weighted by atomic mass is 10.1. The molecule has 48 heavy (non-hydrogen) atoms. The van der Waals surface area contributed by atoms with E-state index in [1.54, 1.807) is 12.4 Å². The maximum absolute atomic E-state index is 12.3. The highest BCUT2D eigenvalue weighted by Gasteiger charge is 2.20. The van der Waals surface area contributed by atoms with Gasteiger partial charge in [0.05, 0.1) is 59.2 Å². The lowest BCUT2D eigenvalue weighted by molar-refractivity contribution is -0.141. The maximum atomic E-state index is 12.3. The average molecular weight is 643 g/mol. The average Bonchev–Trinajstić information content (AvgIpc) is 3.94. The fourth-order valence-corrected chi connectivity index (χ4v) is 6.19. The second-order valence-electron chi connectivity index (χ2n) is 11.6. The number of rotatable bonds is 8. The predicted molar refractivity (Wildman–Crippen MR) is 184 cm³/mol. The molecule has 7 rings (SSSR count). The Kier molecular flexibility index (Phi) is 8.05. The molecule has 5 aromatic rings. The highest BCUT2D eigenvalue weighted by molar-refractivity contribution is 5.92. The molecule has 8 bridgehead atoms. The Balaban J connectivity index is 1.61. The van der Waals surface area contributed by atoms with Crippen LogP contribution in [0.2, 0.25) is 0 Å². The van der Waals surface area contributed by atoms with E-state index in [0.29, 0.717) is 24.2 Å². The van der Waals surface area contributed by atoms with Crippen LogP contribution in [-0.2, 0) is 46.0 Å². The SMILES string of the molecule is COC(=O)CCc1c2nc(c(-c3nccn3C)c3ccc([nH]3)c(CCC(=O)OC)c3nc(c(-c4nccn4C)c4ccc1[nH]4)C=C3)C=C2. The number of H-pyrrole nitrogens is 2. The minimum Gasteiger partial charge on any atom is -0.469 e. The van der Waals surface area contributed by atoms with Crippen molar-refractivity contribution in [1.82, 2.24) is 39.0 Å². The summed E-state index contributed by atoms with van der Waals surface area (Å²) in [7, 11) is 6.67. The molecule has 0 unspecified atom stereocenters. The van der Waals surface area contributed by atoms with E-state index < -0.39 is 0 Å². The van der Waals surface area contributed by atoms with Crippen molar-refractivity contribution in [3.05, 3.63) is 83.0 Å². The van der Waals surface area contributed by atoms with Gasteiger partial charge in [0, 0.05) is 73.9 Å². The van der Waals surface area contributed by atoms with Crippen LogP contribution >= 0.6 is 0 Å². The molecular formula is C36H34N8O4. The summed E-state index contributed by atoms with van der Waals surface area (Å²) >= 11 is 0. The lowest BCUT2D eigenvalue weighted by Gasteiger charge is -2.06. The van der Waals surface area contributed by atoms with Crippen molar-refractivity contribution in [1.29, 1.82) is 0 Å². The first-order valence-corrected chi connectivity index (χ1v) is 15.6. The van der Waals surface area contributed by atoms with Crippen molar-refractivity contribution < 1.29 is 19.1 Å². The van der Waals surface area contributed by atoms with Gasteiger partial charge < -0.3 is 28.6 Å². The summed E-state index contributed by atoms with van der Waals surface area (Å²) in [6.45, 7) is 0. The Morgan fingerprint density at radius 1 is 0.625 bits per heavy atom. The van der Waals surface area contributed by atoms with Crippen LogP contribution < -0.4 is 0 Å². The number of imidazole rings is 2. The standard InChI is InChI=1S/C36H34N8O4/c1-43-19-17-37-35(43)33-27-11-7-23(39-27)21(5-15-31(45)47-3)25-9-13-29(41-25)34(36-38-18-20-44(36)2)30-14-10-26(42-30)22(6-16-32(46)48-4)24-8-12-28(33)40-24/h7-14,17-20,39,42H,5-6,15-16H2,1-4H3. The van der Waals surface area contributed by atoms with Gasteiger partial charge in [-0.3, -0.25) is 9.59 Å². The molecule has 242 valence electrons. The molecule has 0 saturated heterocycles. The molecule has 2 N–H and O–H groups in total. The van der Waals surface area contributed by atoms with E-state index in [0.717, 1.165) is 67.4 Å². The van der Waals surface area contributed by atoms with Gasteiger partial charge in [0.25, 0.3) is 0 Å². The summed E-state index contributed by atoms with van der Waals surface area (Å²) in [4.78, 5) is 51.5. The lowest BCUT2D eigenvalue weighted by Crippen LogP contribution is -2.03. The first-order valence-electron chi connectivity index (χ1n) is 15.6. The smallest absolute Gasteiger partial charge is 0.305 e. The van der Waals surface area contributed by atoms with Crippen molar-refractivity contribution in [3.8, 4) is 22.8 Å². The number of aryl methyl sites for hydroxylation is 4. The molecule has 0 saturated carbocycles. The largest absolute Gasteiger partial charge is 0.469 e. The highest BCUT2D eigenvalue weighted by Crippen LogP contribution is 2.33. The van der Waals surface area contributed by atoms with Crippen molar-refractivity contribution in [3.63, 3.8) is 0 Å². The fraction of sp³-hybridized carbons (Fsp3) is 0.222. The Morgan fingerprint density at radius 3 is 1.40 bits per heavy atom. The van der Waals surface area contributed by atoms with Crippen LogP contribution in [0.5, 0.6) is 0 Å². The second-order valence-corrected chi connectivity index (χ2v) is 11.6. The van der Waals surface area contributed by atoms with E-state index >= 15 is 0 Å². The number of nitrogens with one attached hydrogen (secondary N) is 2. The van der Waals surface area contributed by atoms with Crippen LogP contribution in [0, 0.1) is 0 Å². The second kappa shape index (κ2) is 12.6. The molecule has 5 aromatic heterocycles. The minimum atomic E-state index is -0.305. The Hall–Kier alpha value is -6.04. The van der Waals surface area contributed by atoms with Gasteiger partial charge >= 0.3 is 11.9 Å². The highest BCUT2D eigenvalue weighted by atomic mass is 16.5. The molecular weight excluding hydrogens is 608 g/mol. The first kappa shape index (κ1) is 30.6. The number of hydrogen-bond donors (Lipinski definition) is 2. The molecule has 0 fully saturated rings. The third kappa shape index (κ3) is 5.61. The molecule has 0 atom stereocenters. The quantitative estimate of drug-likeness (QED) is 0.202. The molecule has 0 spiro atoms. The zero-order chi connectivity index (χ0) is 33.4. The normalized spacial score (nSPS) is 12.1. The zero-order valence-corrected chi connectivity index (χ0v) is 27.1. The number of esters is 2. The van der Waals surface area contributed by atoms with Gasteiger partial charge in [0.2, 0.25) is 0 Å². The third-order valence-corrected chi connectivity index (χ3v) is 8.67. The number of aromatic amines is 2. The molecule has 2 aliphatic heterocycles. The number of nitrogens with zero attached hydrogens (tertiary/aromatic N) is 6. The molecule has 0 aliphatic carbocycles. The van der Waals surface area contributed by atoms with Gasteiger partial charge in [-0.2, -0.15) is 0 Å². The summed E-state index contributed by atoms with van der Waals surface area (Å²) in [5, 5.41) is 0. The van der Waals surface area contributed by atoms with Gasteiger partial charge in [-0.25, -0.2) is 19.9 Å². The van der Waals surface area contributed by atoms with E-state index in [1.165, 1.54) is 14.2 Å². The van der Waals surface area contributed by atoms with Crippen molar-refractivity contribution >= 4 is 58.3 Å². The summed E-state index contributed by atoms with van der Waals surface area (Å²) in [5.74, 6) is 0.846. The Morgan fingerprint density at radius 2 is 1.02 bits per heavy atom. The van der Waals surface area contributed by atoms with Crippen LogP contribution in [0.15, 0.2) is 49.1 Å². The van der Waals surface area contributed by atoms with Crippen molar-refractivity contribution in [2.75, 3.05) is 14.2 Å². The van der Waals surface area contributed by atoms with Gasteiger partial charge in [-0.15, -0.1) is 0 Å². The molecule has 0 amide bonds. The van der Waals surface area contributed by atoms with Crippen LogP contribution in [0.1, 0.15) is 46.7 Å². The van der Waals surface area contributed by atoms with E-state index in [1.807, 2.05) is 84.2 Å². The molecule has 2 aliphatic rings. The van der Waals surface area contributed by atoms with Gasteiger partial charge in [-0.1, -0.05) is 0 Å². The number of hydrogen-bond acceptors (Lipinski definition) is 8. The topological polar surface area (TPSA) is 146 Å². The number of carbonyl (C=O) groups excluding carboxylic acids is 2. The van der Waals surface area contributed by atoms with E-state index in [4.69, 9.17) is 19.4 Å². The zero-order valence-electron chi connectivity index (χ0n) is 27.1. The number of carbonyl (C=O) groups is 2. The summed E-state index contributed by atoms with van der Waals surface area (Å²) in [6.07, 6.45) is 16.3. The monoisotopic (exact) mass is 642 g/mol. The van der Waals surface area contributed by atoms with E-state index in [2.05, 4.69) is 19.9 Å². The maximum Gasteiger partial charge on any atom is 0.305 e. The molecule has 12 heteroatoms. The fourth-order valence-electron chi connectivity index (χ4n) is 6.19. The summed E-state index contributed by atoms with van der Waals surface area (Å²) in [5.41, 5.74) is 9.46. The number of aromatic nitrogens is 8. The van der Waals surface area contributed by atoms with Crippen LogP contribution in [0.3, 0.4) is 0 Å². The first-order chi connectivity index (χ1) is 23.3. The minimum absolute atomic E-state index is 0.187.